The molecule has 0 radical (unpaired) electrons. The molecule has 0 saturated heterocycles. The predicted octanol–water partition coefficient (Wildman–Crippen LogP) is 1.55. The average molecular weight is 266 g/mol. The summed E-state index contributed by atoms with van der Waals surface area (Å²) in [5.74, 6) is 0.804. The lowest BCUT2D eigenvalue weighted by molar-refractivity contribution is -0.142. The highest BCUT2D eigenvalue weighted by Crippen LogP contribution is 2.17. The van der Waals surface area contributed by atoms with Crippen LogP contribution in [0.15, 0.2) is 36.4 Å². The largest absolute Gasteiger partial charge is 0.497 e. The third kappa shape index (κ3) is 5.44. The van der Waals surface area contributed by atoms with E-state index in [-0.39, 0.29) is 13.2 Å². The number of ether oxygens (including phenoxy) is 3. The number of carbonyl (C=O) groups excluding carboxylic acids is 1. The summed E-state index contributed by atoms with van der Waals surface area (Å²) in [7, 11) is 1.58. The van der Waals surface area contributed by atoms with Gasteiger partial charge in [-0.3, -0.25) is 0 Å². The van der Waals surface area contributed by atoms with E-state index in [1.54, 1.807) is 38.3 Å². The van der Waals surface area contributed by atoms with Gasteiger partial charge in [0.15, 0.2) is 0 Å². The Morgan fingerprint density at radius 2 is 1.84 bits per heavy atom. The number of carbonyl (C=O) groups is 1. The van der Waals surface area contributed by atoms with Crippen LogP contribution in [0.4, 0.5) is 0 Å². The average Bonchev–Trinajstić information content (AvgIpc) is 2.42. The number of rotatable bonds is 7. The molecule has 5 heteroatoms. The number of aliphatic hydroxyl groups excluding tert-OH is 1. The molecule has 0 spiro atoms. The van der Waals surface area contributed by atoms with Crippen molar-refractivity contribution in [2.45, 2.75) is 13.0 Å². The van der Waals surface area contributed by atoms with Crippen LogP contribution in [0.1, 0.15) is 6.92 Å². The SMILES string of the molecule is C=C(C)C(=O)OCC(O)COc1ccc(OC)cc1. The van der Waals surface area contributed by atoms with Crippen LogP contribution in [0.5, 0.6) is 11.5 Å². The minimum absolute atomic E-state index is 0.0375. The summed E-state index contributed by atoms with van der Waals surface area (Å²) < 4.78 is 15.2. The van der Waals surface area contributed by atoms with Gasteiger partial charge in [-0.25, -0.2) is 4.79 Å². The van der Waals surface area contributed by atoms with E-state index in [1.165, 1.54) is 0 Å². The molecule has 0 aliphatic rings. The topological polar surface area (TPSA) is 65.0 Å². The van der Waals surface area contributed by atoms with Gasteiger partial charge < -0.3 is 19.3 Å². The van der Waals surface area contributed by atoms with E-state index in [9.17, 15) is 9.90 Å². The molecule has 1 unspecified atom stereocenters. The molecule has 0 aromatic heterocycles. The molecule has 0 bridgehead atoms. The summed E-state index contributed by atoms with van der Waals surface area (Å²) in [6.07, 6.45) is -0.884. The van der Waals surface area contributed by atoms with Crippen molar-refractivity contribution in [2.24, 2.45) is 0 Å². The van der Waals surface area contributed by atoms with Crippen molar-refractivity contribution in [3.8, 4) is 11.5 Å². The smallest absolute Gasteiger partial charge is 0.333 e. The zero-order valence-electron chi connectivity index (χ0n) is 11.1. The summed E-state index contributed by atoms with van der Waals surface area (Å²) in [5, 5.41) is 9.59. The molecule has 0 aliphatic carbocycles. The standard InChI is InChI=1S/C14H18O5/c1-10(2)14(16)19-9-11(15)8-18-13-6-4-12(17-3)5-7-13/h4-7,11,15H,1,8-9H2,2-3H3. The van der Waals surface area contributed by atoms with Gasteiger partial charge in [0.2, 0.25) is 0 Å². The van der Waals surface area contributed by atoms with Crippen molar-refractivity contribution >= 4 is 5.97 Å². The number of aliphatic hydroxyl groups is 1. The van der Waals surface area contributed by atoms with Crippen molar-refractivity contribution in [3.05, 3.63) is 36.4 Å². The number of esters is 1. The van der Waals surface area contributed by atoms with E-state index in [2.05, 4.69) is 6.58 Å². The van der Waals surface area contributed by atoms with E-state index in [0.717, 1.165) is 5.75 Å². The lowest BCUT2D eigenvalue weighted by Crippen LogP contribution is -2.25. The third-order valence-corrected chi connectivity index (χ3v) is 2.26. The maximum Gasteiger partial charge on any atom is 0.333 e. The zero-order chi connectivity index (χ0) is 14.3. The molecule has 1 aromatic carbocycles. The monoisotopic (exact) mass is 266 g/mol. The fourth-order valence-electron chi connectivity index (χ4n) is 1.21. The second-order valence-corrected chi connectivity index (χ2v) is 4.02. The minimum Gasteiger partial charge on any atom is -0.497 e. The van der Waals surface area contributed by atoms with Crippen molar-refractivity contribution < 1.29 is 24.1 Å². The summed E-state index contributed by atoms with van der Waals surface area (Å²) in [4.78, 5) is 11.1. The summed E-state index contributed by atoms with van der Waals surface area (Å²) in [5.41, 5.74) is 0.295. The number of methoxy groups -OCH3 is 1. The molecule has 19 heavy (non-hydrogen) atoms. The third-order valence-electron chi connectivity index (χ3n) is 2.26. The molecule has 0 aliphatic heterocycles. The Bertz CT molecular complexity index is 424. The van der Waals surface area contributed by atoms with E-state index >= 15 is 0 Å². The minimum atomic E-state index is -0.884. The summed E-state index contributed by atoms with van der Waals surface area (Å²) in [6.45, 7) is 4.90. The Morgan fingerprint density at radius 1 is 1.26 bits per heavy atom. The van der Waals surface area contributed by atoms with Crippen LogP contribution in [-0.2, 0) is 9.53 Å². The van der Waals surface area contributed by atoms with Crippen LogP contribution in [-0.4, -0.2) is 37.5 Å². The van der Waals surface area contributed by atoms with Crippen molar-refractivity contribution in [3.63, 3.8) is 0 Å². The molecule has 1 atom stereocenters. The molecule has 0 fully saturated rings. The van der Waals surface area contributed by atoms with Gasteiger partial charge in [0.05, 0.1) is 7.11 Å². The number of hydrogen-bond donors (Lipinski definition) is 1. The Kier molecular flexibility index (Phi) is 5.89. The van der Waals surface area contributed by atoms with Crippen LogP contribution in [0.3, 0.4) is 0 Å². The van der Waals surface area contributed by atoms with Gasteiger partial charge in [-0.05, 0) is 31.2 Å². The predicted molar refractivity (Wildman–Crippen MR) is 70.3 cm³/mol. The maximum absolute atomic E-state index is 11.1. The van der Waals surface area contributed by atoms with Gasteiger partial charge >= 0.3 is 5.97 Å². The van der Waals surface area contributed by atoms with Crippen molar-refractivity contribution in [2.75, 3.05) is 20.3 Å². The van der Waals surface area contributed by atoms with Crippen LogP contribution in [0.25, 0.3) is 0 Å². The molecule has 0 amide bonds. The normalized spacial score (nSPS) is 11.5. The first-order chi connectivity index (χ1) is 9.02. The second kappa shape index (κ2) is 7.43. The van der Waals surface area contributed by atoms with Gasteiger partial charge in [0, 0.05) is 5.57 Å². The molecular formula is C14H18O5. The molecule has 104 valence electrons. The lowest BCUT2D eigenvalue weighted by Gasteiger charge is -2.13. The highest BCUT2D eigenvalue weighted by Gasteiger charge is 2.10. The highest BCUT2D eigenvalue weighted by molar-refractivity contribution is 5.86. The molecular weight excluding hydrogens is 248 g/mol. The second-order valence-electron chi connectivity index (χ2n) is 4.02. The van der Waals surface area contributed by atoms with Gasteiger partial charge in [0.1, 0.15) is 30.8 Å². The first-order valence-electron chi connectivity index (χ1n) is 5.80. The summed E-state index contributed by atoms with van der Waals surface area (Å²) >= 11 is 0. The summed E-state index contributed by atoms with van der Waals surface area (Å²) in [6, 6.07) is 6.96. The van der Waals surface area contributed by atoms with Crippen LogP contribution >= 0.6 is 0 Å². The van der Waals surface area contributed by atoms with E-state index in [0.29, 0.717) is 11.3 Å². The molecule has 0 heterocycles. The van der Waals surface area contributed by atoms with Gasteiger partial charge in [-0.15, -0.1) is 0 Å². The molecule has 1 N–H and O–H groups in total. The van der Waals surface area contributed by atoms with Gasteiger partial charge in [-0.1, -0.05) is 6.58 Å². The highest BCUT2D eigenvalue weighted by atomic mass is 16.5. The zero-order valence-corrected chi connectivity index (χ0v) is 11.1. The first kappa shape index (κ1) is 15.0. The maximum atomic E-state index is 11.1. The van der Waals surface area contributed by atoms with E-state index in [4.69, 9.17) is 14.2 Å². The first-order valence-corrected chi connectivity index (χ1v) is 5.80. The van der Waals surface area contributed by atoms with E-state index < -0.39 is 12.1 Å². The molecule has 1 aromatic rings. The van der Waals surface area contributed by atoms with Crippen LogP contribution in [0.2, 0.25) is 0 Å². The lowest BCUT2D eigenvalue weighted by atomic mass is 10.3. The van der Waals surface area contributed by atoms with E-state index in [1.807, 2.05) is 0 Å². The number of hydrogen-bond acceptors (Lipinski definition) is 5. The number of benzene rings is 1. The Morgan fingerprint density at radius 3 is 2.37 bits per heavy atom. The Hall–Kier alpha value is -2.01. The molecule has 5 nitrogen and oxygen atoms in total. The fourth-order valence-corrected chi connectivity index (χ4v) is 1.21. The molecule has 1 rings (SSSR count). The Balaban J connectivity index is 2.31. The molecule has 0 saturated carbocycles. The van der Waals surface area contributed by atoms with Gasteiger partial charge in [0.25, 0.3) is 0 Å². The van der Waals surface area contributed by atoms with Crippen molar-refractivity contribution in [1.29, 1.82) is 0 Å². The Labute approximate surface area is 112 Å². The van der Waals surface area contributed by atoms with Crippen LogP contribution in [0, 0.1) is 0 Å². The van der Waals surface area contributed by atoms with Crippen LogP contribution < -0.4 is 9.47 Å². The van der Waals surface area contributed by atoms with Crippen molar-refractivity contribution in [1.82, 2.24) is 0 Å². The fraction of sp³-hybridized carbons (Fsp3) is 0.357. The quantitative estimate of drug-likeness (QED) is 0.599. The van der Waals surface area contributed by atoms with Gasteiger partial charge in [-0.2, -0.15) is 0 Å².